The third kappa shape index (κ3) is 8.35. The quantitative estimate of drug-likeness (QED) is 0.239. The summed E-state index contributed by atoms with van der Waals surface area (Å²) in [6.07, 6.45) is 0.700. The Morgan fingerprint density at radius 1 is 0.932 bits per heavy atom. The highest BCUT2D eigenvalue weighted by Gasteiger charge is 2.33. The fourth-order valence-corrected chi connectivity index (χ4v) is 5.99. The van der Waals surface area contributed by atoms with Crippen molar-refractivity contribution in [2.24, 2.45) is 0 Å². The molecule has 0 fully saturated rings. The minimum atomic E-state index is -4.33. The molecule has 12 heteroatoms. The maximum Gasteiger partial charge on any atom is 0.264 e. The van der Waals surface area contributed by atoms with Crippen molar-refractivity contribution in [1.29, 1.82) is 0 Å². The van der Waals surface area contributed by atoms with Gasteiger partial charge in [0.2, 0.25) is 11.8 Å². The number of nitrogens with one attached hydrogen (secondary N) is 1. The molecule has 0 spiro atoms. The third-order valence-electron chi connectivity index (χ3n) is 7.12. The highest BCUT2D eigenvalue weighted by Crippen LogP contribution is 2.33. The minimum Gasteiger partial charge on any atom is -0.494 e. The van der Waals surface area contributed by atoms with Crippen LogP contribution in [-0.2, 0) is 26.2 Å². The van der Waals surface area contributed by atoms with Gasteiger partial charge in [-0.05, 0) is 75.2 Å². The Labute approximate surface area is 264 Å². The molecular formula is C32H40ClN3O7S. The number of rotatable bonds is 15. The number of sulfonamides is 1. The van der Waals surface area contributed by atoms with E-state index < -0.39 is 28.5 Å². The molecular weight excluding hydrogens is 606 g/mol. The molecule has 0 bridgehead atoms. The monoisotopic (exact) mass is 645 g/mol. The van der Waals surface area contributed by atoms with Crippen LogP contribution in [0.25, 0.3) is 0 Å². The number of ether oxygens (including phenoxy) is 3. The molecule has 2 atom stereocenters. The van der Waals surface area contributed by atoms with Crippen LogP contribution in [-0.4, -0.2) is 64.6 Å². The summed E-state index contributed by atoms with van der Waals surface area (Å²) in [5.41, 5.74) is 0.840. The lowest BCUT2D eigenvalue weighted by Crippen LogP contribution is -2.52. The summed E-state index contributed by atoms with van der Waals surface area (Å²) >= 11 is 6.43. The molecule has 0 saturated heterocycles. The maximum atomic E-state index is 14.2. The van der Waals surface area contributed by atoms with Crippen molar-refractivity contribution in [2.45, 2.75) is 57.6 Å². The first-order valence-corrected chi connectivity index (χ1v) is 16.1. The van der Waals surface area contributed by atoms with Gasteiger partial charge in [-0.3, -0.25) is 13.9 Å². The molecule has 0 unspecified atom stereocenters. The van der Waals surface area contributed by atoms with Gasteiger partial charge in [-0.2, -0.15) is 0 Å². The van der Waals surface area contributed by atoms with Crippen LogP contribution in [0, 0.1) is 0 Å². The summed E-state index contributed by atoms with van der Waals surface area (Å²) in [6, 6.07) is 16.5. The van der Waals surface area contributed by atoms with E-state index in [9.17, 15) is 18.0 Å². The Balaban J connectivity index is 2.09. The number of carbonyl (C=O) groups is 2. The highest BCUT2D eigenvalue weighted by molar-refractivity contribution is 7.92. The number of amides is 2. The number of nitrogens with zero attached hydrogens (tertiary/aromatic N) is 2. The first-order chi connectivity index (χ1) is 21.0. The molecule has 44 heavy (non-hydrogen) atoms. The van der Waals surface area contributed by atoms with Crippen molar-refractivity contribution >= 4 is 39.1 Å². The summed E-state index contributed by atoms with van der Waals surface area (Å²) in [6.45, 7) is 7.07. The molecule has 0 aliphatic rings. The van der Waals surface area contributed by atoms with Gasteiger partial charge in [-0.25, -0.2) is 8.42 Å². The lowest BCUT2D eigenvalue weighted by molar-refractivity contribution is -0.139. The Hall–Kier alpha value is -3.96. The molecule has 3 aromatic carbocycles. The lowest BCUT2D eigenvalue weighted by Gasteiger charge is -2.32. The van der Waals surface area contributed by atoms with Gasteiger partial charge in [0.15, 0.2) is 11.5 Å². The van der Waals surface area contributed by atoms with E-state index in [0.29, 0.717) is 35.1 Å². The Morgan fingerprint density at radius 2 is 1.59 bits per heavy atom. The Morgan fingerprint density at radius 3 is 2.18 bits per heavy atom. The van der Waals surface area contributed by atoms with Gasteiger partial charge in [0.1, 0.15) is 18.3 Å². The van der Waals surface area contributed by atoms with E-state index in [1.165, 1.54) is 37.3 Å². The summed E-state index contributed by atoms with van der Waals surface area (Å²) in [4.78, 5) is 28.6. The number of methoxy groups -OCH3 is 2. The van der Waals surface area contributed by atoms with Gasteiger partial charge < -0.3 is 24.4 Å². The van der Waals surface area contributed by atoms with Crippen LogP contribution in [0.5, 0.6) is 17.2 Å². The van der Waals surface area contributed by atoms with Gasteiger partial charge in [0.05, 0.1) is 31.4 Å². The molecule has 0 aromatic heterocycles. The van der Waals surface area contributed by atoms with Crippen molar-refractivity contribution in [1.82, 2.24) is 10.2 Å². The van der Waals surface area contributed by atoms with Gasteiger partial charge in [-0.15, -0.1) is 0 Å². The van der Waals surface area contributed by atoms with E-state index in [0.717, 1.165) is 4.31 Å². The predicted octanol–water partition coefficient (Wildman–Crippen LogP) is 5.28. The molecule has 0 saturated carbocycles. The molecule has 0 heterocycles. The molecule has 3 rings (SSSR count). The van der Waals surface area contributed by atoms with E-state index in [2.05, 4.69) is 5.32 Å². The van der Waals surface area contributed by atoms with Crippen LogP contribution in [0.4, 0.5) is 5.69 Å². The van der Waals surface area contributed by atoms with E-state index in [-0.39, 0.29) is 34.8 Å². The van der Waals surface area contributed by atoms with E-state index in [1.54, 1.807) is 55.5 Å². The van der Waals surface area contributed by atoms with Crippen LogP contribution >= 0.6 is 11.6 Å². The van der Waals surface area contributed by atoms with Crippen molar-refractivity contribution in [3.63, 3.8) is 0 Å². The minimum absolute atomic E-state index is 0.0128. The van der Waals surface area contributed by atoms with E-state index in [4.69, 9.17) is 25.8 Å². The summed E-state index contributed by atoms with van der Waals surface area (Å²) in [5, 5.41) is 3.33. The van der Waals surface area contributed by atoms with E-state index in [1.807, 2.05) is 20.8 Å². The molecule has 0 aliphatic heterocycles. The maximum absolute atomic E-state index is 14.2. The van der Waals surface area contributed by atoms with Crippen molar-refractivity contribution < 1.29 is 32.2 Å². The summed E-state index contributed by atoms with van der Waals surface area (Å²) in [7, 11) is -1.48. The summed E-state index contributed by atoms with van der Waals surface area (Å²) in [5.74, 6) is 0.135. The average Bonchev–Trinajstić information content (AvgIpc) is 3.02. The first-order valence-electron chi connectivity index (χ1n) is 14.3. The number of halogens is 1. The molecule has 0 aliphatic carbocycles. The normalized spacial score (nSPS) is 12.5. The second-order valence-electron chi connectivity index (χ2n) is 10.1. The largest absolute Gasteiger partial charge is 0.494 e. The first kappa shape index (κ1) is 34.5. The summed E-state index contributed by atoms with van der Waals surface area (Å²) < 4.78 is 45.5. The van der Waals surface area contributed by atoms with Gasteiger partial charge in [0.25, 0.3) is 10.0 Å². The van der Waals surface area contributed by atoms with Gasteiger partial charge in [0, 0.05) is 23.7 Å². The third-order valence-corrected chi connectivity index (χ3v) is 9.26. The number of hydrogen-bond acceptors (Lipinski definition) is 7. The highest BCUT2D eigenvalue weighted by atomic mass is 35.5. The van der Waals surface area contributed by atoms with Crippen LogP contribution in [0.3, 0.4) is 0 Å². The van der Waals surface area contributed by atoms with Gasteiger partial charge >= 0.3 is 0 Å². The van der Waals surface area contributed by atoms with Crippen molar-refractivity contribution in [3.8, 4) is 17.2 Å². The second-order valence-corrected chi connectivity index (χ2v) is 12.3. The smallest absolute Gasteiger partial charge is 0.264 e. The fraction of sp³-hybridized carbons (Fsp3) is 0.375. The predicted molar refractivity (Wildman–Crippen MR) is 171 cm³/mol. The van der Waals surface area contributed by atoms with Crippen LogP contribution < -0.4 is 23.8 Å². The molecule has 2 amide bonds. The fourth-order valence-electron chi connectivity index (χ4n) is 4.37. The number of carbonyl (C=O) groups excluding carboxylic acids is 2. The Kier molecular flexibility index (Phi) is 12.3. The van der Waals surface area contributed by atoms with Crippen LogP contribution in [0.15, 0.2) is 71.6 Å². The standard InChI is InChI=1S/C32H40ClN3O7S/c1-7-22(3)34-32(38)23(4)35(20-24-11-9-10-12-28(24)33)31(37)21-36(25-13-15-26(16-14-25)43-8-2)44(39,40)27-17-18-29(41-5)30(19-27)42-6/h9-19,22-23H,7-8,20-21H2,1-6H3,(H,34,38)/t22-,23-/m1/s1. The van der Waals surface area contributed by atoms with Crippen molar-refractivity contribution in [2.75, 3.05) is 31.7 Å². The topological polar surface area (TPSA) is 114 Å². The molecule has 238 valence electrons. The van der Waals surface area contributed by atoms with Crippen LogP contribution in [0.1, 0.15) is 39.7 Å². The number of benzene rings is 3. The zero-order chi connectivity index (χ0) is 32.4. The molecule has 10 nitrogen and oxygen atoms in total. The van der Waals surface area contributed by atoms with Gasteiger partial charge in [-0.1, -0.05) is 36.7 Å². The lowest BCUT2D eigenvalue weighted by atomic mass is 10.1. The number of anilines is 1. The van der Waals surface area contributed by atoms with E-state index >= 15 is 0 Å². The van der Waals surface area contributed by atoms with Crippen molar-refractivity contribution in [3.05, 3.63) is 77.3 Å². The average molecular weight is 646 g/mol. The number of hydrogen-bond donors (Lipinski definition) is 1. The molecule has 1 N–H and O–H groups in total. The second kappa shape index (κ2) is 15.7. The molecule has 0 radical (unpaired) electrons. The van der Waals surface area contributed by atoms with Crippen LogP contribution in [0.2, 0.25) is 5.02 Å². The Bertz CT molecular complexity index is 1530. The molecule has 3 aromatic rings. The SMILES string of the molecule is CCOc1ccc(N(CC(=O)N(Cc2ccccc2Cl)[C@H](C)C(=O)N[C@H](C)CC)S(=O)(=O)c2ccc(OC)c(OC)c2)cc1. The zero-order valence-corrected chi connectivity index (χ0v) is 27.4. The zero-order valence-electron chi connectivity index (χ0n) is 25.9.